The van der Waals surface area contributed by atoms with Gasteiger partial charge in [0.15, 0.2) is 12.2 Å². The van der Waals surface area contributed by atoms with E-state index in [4.69, 9.17) is 17.3 Å². The van der Waals surface area contributed by atoms with Gasteiger partial charge in [0, 0.05) is 16.8 Å². The first kappa shape index (κ1) is 19.2. The molecule has 27 heavy (non-hydrogen) atoms. The van der Waals surface area contributed by atoms with E-state index in [0.717, 1.165) is 16.8 Å². The number of hydrogen-bond acceptors (Lipinski definition) is 3. The largest absolute Gasteiger partial charge is 0.370 e. The van der Waals surface area contributed by atoms with Crippen molar-refractivity contribution in [3.05, 3.63) is 64.7 Å². The van der Waals surface area contributed by atoms with Crippen molar-refractivity contribution in [3.63, 3.8) is 0 Å². The van der Waals surface area contributed by atoms with Crippen molar-refractivity contribution >= 4 is 29.2 Å². The van der Waals surface area contributed by atoms with Crippen molar-refractivity contribution in [1.82, 2.24) is 10.6 Å². The first-order chi connectivity index (χ1) is 12.9. The van der Waals surface area contributed by atoms with Crippen molar-refractivity contribution in [3.8, 4) is 0 Å². The molecule has 5 N–H and O–H groups in total. The monoisotopic (exact) mass is 385 g/mol. The second-order valence-electron chi connectivity index (χ2n) is 6.77. The van der Waals surface area contributed by atoms with Crippen LogP contribution in [0.15, 0.2) is 53.5 Å². The van der Waals surface area contributed by atoms with Gasteiger partial charge >= 0.3 is 0 Å². The Hall–Kier alpha value is -2.57. The lowest BCUT2D eigenvalue weighted by Gasteiger charge is -2.34. The summed E-state index contributed by atoms with van der Waals surface area (Å²) in [7, 11) is 0. The highest BCUT2D eigenvalue weighted by molar-refractivity contribution is 6.31. The fourth-order valence-corrected chi connectivity index (χ4v) is 3.25. The smallest absolute Gasteiger partial charge is 0.227 e. The van der Waals surface area contributed by atoms with E-state index in [1.165, 1.54) is 0 Å². The summed E-state index contributed by atoms with van der Waals surface area (Å²) in [5, 5.41) is 9.80. The van der Waals surface area contributed by atoms with Crippen molar-refractivity contribution in [2.45, 2.75) is 32.6 Å². The molecule has 2 aromatic carbocycles. The van der Waals surface area contributed by atoms with Crippen LogP contribution in [-0.4, -0.2) is 24.2 Å². The lowest BCUT2D eigenvalue weighted by atomic mass is 9.91. The zero-order chi connectivity index (χ0) is 19.4. The fourth-order valence-electron chi connectivity index (χ4n) is 3.07. The molecule has 0 aromatic heterocycles. The molecule has 2 aromatic rings. The van der Waals surface area contributed by atoms with Crippen LogP contribution in [0.25, 0.3) is 0 Å². The minimum absolute atomic E-state index is 0.0330. The summed E-state index contributed by atoms with van der Waals surface area (Å²) in [5.41, 5.74) is 8.83. The van der Waals surface area contributed by atoms with Crippen LogP contribution in [0.5, 0.6) is 0 Å². The third kappa shape index (κ3) is 4.99. The van der Waals surface area contributed by atoms with Crippen LogP contribution in [-0.2, 0) is 11.2 Å². The lowest BCUT2D eigenvalue weighted by Crippen LogP contribution is -2.60. The summed E-state index contributed by atoms with van der Waals surface area (Å²) in [6, 6.07) is 15.5. The Morgan fingerprint density at radius 3 is 2.67 bits per heavy atom. The summed E-state index contributed by atoms with van der Waals surface area (Å²) in [5.74, 6) is -0.00426. The molecule has 0 aliphatic carbocycles. The number of carbonyl (C=O) groups is 1. The molecule has 0 spiro atoms. The number of rotatable bonds is 4. The molecule has 6 nitrogen and oxygen atoms in total. The standard InChI is InChI=1S/C20H24ClN5O/c1-12-8-9-15(11-17(12)21)24-19(22)26-20-23-13(2)16(18(27)25-20)10-14-6-4-3-5-7-14/h3-9,11,13,16,20,23H,10H2,1-2H3,(H,25,27)(H3,22,24,26). The predicted octanol–water partition coefficient (Wildman–Crippen LogP) is 2.63. The number of aliphatic imine (C=N–C) groups is 1. The van der Waals surface area contributed by atoms with Crippen molar-refractivity contribution in [2.24, 2.45) is 16.6 Å². The number of anilines is 1. The second kappa shape index (κ2) is 8.41. The molecule has 3 rings (SSSR count). The number of guanidine groups is 1. The van der Waals surface area contributed by atoms with E-state index in [0.29, 0.717) is 11.4 Å². The van der Waals surface area contributed by atoms with Gasteiger partial charge in [-0.1, -0.05) is 48.0 Å². The van der Waals surface area contributed by atoms with E-state index >= 15 is 0 Å². The molecule has 3 unspecified atom stereocenters. The molecule has 142 valence electrons. The molecular weight excluding hydrogens is 362 g/mol. The van der Waals surface area contributed by atoms with E-state index in [1.54, 1.807) is 6.07 Å². The third-order valence-corrected chi connectivity index (χ3v) is 5.06. The number of aryl methyl sites for hydroxylation is 1. The van der Waals surface area contributed by atoms with Crippen LogP contribution in [0.1, 0.15) is 18.1 Å². The quantitative estimate of drug-likeness (QED) is 0.481. The Balaban J connectivity index is 1.62. The second-order valence-corrected chi connectivity index (χ2v) is 7.17. The average Bonchev–Trinajstić information content (AvgIpc) is 2.62. The van der Waals surface area contributed by atoms with Crippen molar-refractivity contribution in [2.75, 3.05) is 5.32 Å². The van der Waals surface area contributed by atoms with Gasteiger partial charge in [-0.2, -0.15) is 0 Å². The summed E-state index contributed by atoms with van der Waals surface area (Å²) in [6.07, 6.45) is 0.0975. The Kier molecular flexibility index (Phi) is 5.98. The maximum atomic E-state index is 12.5. The Bertz CT molecular complexity index is 840. The maximum absolute atomic E-state index is 12.5. The highest BCUT2D eigenvalue weighted by atomic mass is 35.5. The first-order valence-electron chi connectivity index (χ1n) is 8.89. The Morgan fingerprint density at radius 1 is 1.26 bits per heavy atom. The van der Waals surface area contributed by atoms with E-state index in [2.05, 4.69) is 20.9 Å². The van der Waals surface area contributed by atoms with E-state index in [9.17, 15) is 4.79 Å². The summed E-state index contributed by atoms with van der Waals surface area (Å²) < 4.78 is 0. The zero-order valence-corrected chi connectivity index (χ0v) is 16.1. The highest BCUT2D eigenvalue weighted by Crippen LogP contribution is 2.20. The Labute approximate surface area is 164 Å². The van der Waals surface area contributed by atoms with Gasteiger partial charge < -0.3 is 16.4 Å². The van der Waals surface area contributed by atoms with E-state index in [1.807, 2.05) is 56.3 Å². The van der Waals surface area contributed by atoms with E-state index < -0.39 is 6.29 Å². The maximum Gasteiger partial charge on any atom is 0.227 e. The van der Waals surface area contributed by atoms with Crippen LogP contribution >= 0.6 is 11.6 Å². The summed E-state index contributed by atoms with van der Waals surface area (Å²) in [6.45, 7) is 3.91. The van der Waals surface area contributed by atoms with Gasteiger partial charge in [0.05, 0.1) is 5.92 Å². The molecule has 0 saturated carbocycles. The molecule has 1 aliphatic heterocycles. The number of nitrogens with two attached hydrogens (primary N) is 1. The van der Waals surface area contributed by atoms with Crippen LogP contribution in [0, 0.1) is 12.8 Å². The Morgan fingerprint density at radius 2 is 2.00 bits per heavy atom. The van der Waals surface area contributed by atoms with Gasteiger partial charge in [-0.25, -0.2) is 4.99 Å². The first-order valence-corrected chi connectivity index (χ1v) is 9.27. The SMILES string of the molecule is Cc1ccc(N/C(N)=N/C2NC(=O)C(Cc3ccccc3)C(C)N2)cc1Cl. The van der Waals surface area contributed by atoms with Crippen molar-refractivity contribution in [1.29, 1.82) is 0 Å². The molecule has 3 atom stereocenters. The number of halogens is 1. The minimum Gasteiger partial charge on any atom is -0.370 e. The molecule has 1 heterocycles. The van der Waals surface area contributed by atoms with Gasteiger partial charge in [0.2, 0.25) is 5.91 Å². The third-order valence-electron chi connectivity index (χ3n) is 4.65. The van der Waals surface area contributed by atoms with Gasteiger partial charge in [0.1, 0.15) is 0 Å². The zero-order valence-electron chi connectivity index (χ0n) is 15.4. The van der Waals surface area contributed by atoms with Crippen molar-refractivity contribution < 1.29 is 4.79 Å². The molecule has 0 radical (unpaired) electrons. The molecule has 0 bridgehead atoms. The number of benzene rings is 2. The fraction of sp³-hybridized carbons (Fsp3) is 0.300. The van der Waals surface area contributed by atoms with Crippen LogP contribution < -0.4 is 21.7 Å². The van der Waals surface area contributed by atoms with Crippen LogP contribution in [0.4, 0.5) is 5.69 Å². The van der Waals surface area contributed by atoms with E-state index in [-0.39, 0.29) is 23.8 Å². The van der Waals surface area contributed by atoms with Gasteiger partial charge in [-0.3, -0.25) is 10.1 Å². The van der Waals surface area contributed by atoms with Gasteiger partial charge in [-0.15, -0.1) is 0 Å². The number of nitrogens with one attached hydrogen (secondary N) is 3. The predicted molar refractivity (Wildman–Crippen MR) is 110 cm³/mol. The molecule has 1 aliphatic rings. The van der Waals surface area contributed by atoms with Gasteiger partial charge in [-0.05, 0) is 43.5 Å². The molecular formula is C20H24ClN5O. The topological polar surface area (TPSA) is 91.5 Å². The summed E-state index contributed by atoms with van der Waals surface area (Å²) in [4.78, 5) is 16.9. The normalized spacial score (nSPS) is 23.0. The van der Waals surface area contributed by atoms with Gasteiger partial charge in [0.25, 0.3) is 0 Å². The summed E-state index contributed by atoms with van der Waals surface area (Å²) >= 11 is 6.12. The van der Waals surface area contributed by atoms with Crippen LogP contribution in [0.3, 0.4) is 0 Å². The lowest BCUT2D eigenvalue weighted by molar-refractivity contribution is -0.129. The number of hydrogen-bond donors (Lipinski definition) is 4. The highest BCUT2D eigenvalue weighted by Gasteiger charge is 2.33. The molecule has 1 saturated heterocycles. The number of amides is 1. The average molecular weight is 386 g/mol. The van der Waals surface area contributed by atoms with Crippen LogP contribution in [0.2, 0.25) is 5.02 Å². The number of carbonyl (C=O) groups excluding carboxylic acids is 1. The molecule has 7 heteroatoms. The minimum atomic E-state index is -0.576. The molecule has 1 fully saturated rings. The number of nitrogens with zero attached hydrogens (tertiary/aromatic N) is 1. The molecule has 1 amide bonds.